The van der Waals surface area contributed by atoms with Crippen molar-refractivity contribution in [2.45, 2.75) is 13.1 Å². The van der Waals surface area contributed by atoms with Gasteiger partial charge in [-0.15, -0.1) is 10.2 Å². The number of nitrogens with zero attached hydrogens (tertiary/aromatic N) is 2. The molecule has 1 aromatic carbocycles. The lowest BCUT2D eigenvalue weighted by molar-refractivity contribution is 0.0852. The monoisotopic (exact) mass is 342 g/mol. The molecule has 7 nitrogen and oxygen atoms in total. The number of aromatic nitrogens is 2. The molecule has 0 aliphatic heterocycles. The number of ketones is 1. The van der Waals surface area contributed by atoms with Gasteiger partial charge in [0.25, 0.3) is 5.91 Å². The van der Waals surface area contributed by atoms with E-state index in [0.29, 0.717) is 10.7 Å². The molecule has 1 atom stereocenters. The van der Waals surface area contributed by atoms with E-state index in [4.69, 9.17) is 4.42 Å². The maximum absolute atomic E-state index is 12.7. The third-order valence-corrected chi connectivity index (χ3v) is 3.90. The van der Waals surface area contributed by atoms with E-state index in [1.54, 1.807) is 37.3 Å². The molecule has 0 aliphatic carbocycles. The van der Waals surface area contributed by atoms with Gasteiger partial charge in [0.2, 0.25) is 10.9 Å². The van der Waals surface area contributed by atoms with Crippen LogP contribution in [0.15, 0.2) is 53.1 Å². The van der Waals surface area contributed by atoms with Crippen molar-refractivity contribution in [3.63, 3.8) is 0 Å². The fourth-order valence-electron chi connectivity index (χ4n) is 2.02. The summed E-state index contributed by atoms with van der Waals surface area (Å²) < 4.78 is 5.06. The predicted octanol–water partition coefficient (Wildman–Crippen LogP) is 2.49. The highest BCUT2D eigenvalue weighted by Crippen LogP contribution is 2.16. The quantitative estimate of drug-likeness (QED) is 0.528. The SMILES string of the molecule is Cc1nnc(N[C@@H](NC(=O)c2ccco2)C(=O)c2ccccc2)s1. The van der Waals surface area contributed by atoms with E-state index in [1.807, 2.05) is 6.07 Å². The second kappa shape index (κ2) is 7.05. The summed E-state index contributed by atoms with van der Waals surface area (Å²) in [4.78, 5) is 24.9. The van der Waals surface area contributed by atoms with Gasteiger partial charge in [0.1, 0.15) is 5.01 Å². The van der Waals surface area contributed by atoms with Crippen LogP contribution in [-0.2, 0) is 0 Å². The third-order valence-electron chi connectivity index (χ3n) is 3.13. The van der Waals surface area contributed by atoms with E-state index in [-0.39, 0.29) is 11.5 Å². The van der Waals surface area contributed by atoms with Crippen LogP contribution < -0.4 is 10.6 Å². The van der Waals surface area contributed by atoms with Gasteiger partial charge in [-0.25, -0.2) is 0 Å². The first-order valence-corrected chi connectivity index (χ1v) is 7.95. The molecule has 0 unspecified atom stereocenters. The molecule has 0 aliphatic rings. The molecule has 0 spiro atoms. The Labute approximate surface area is 141 Å². The van der Waals surface area contributed by atoms with Gasteiger partial charge in [0.15, 0.2) is 11.9 Å². The normalized spacial score (nSPS) is 11.7. The zero-order chi connectivity index (χ0) is 16.9. The zero-order valence-corrected chi connectivity index (χ0v) is 13.5. The minimum absolute atomic E-state index is 0.121. The summed E-state index contributed by atoms with van der Waals surface area (Å²) in [5.74, 6) is -0.664. The van der Waals surface area contributed by atoms with Crippen molar-refractivity contribution in [1.29, 1.82) is 0 Å². The minimum Gasteiger partial charge on any atom is -0.459 e. The number of carbonyl (C=O) groups excluding carboxylic acids is 2. The minimum atomic E-state index is -0.989. The molecular weight excluding hydrogens is 328 g/mol. The van der Waals surface area contributed by atoms with Crippen molar-refractivity contribution >= 4 is 28.2 Å². The van der Waals surface area contributed by atoms with Crippen LogP contribution in [0.3, 0.4) is 0 Å². The summed E-state index contributed by atoms with van der Waals surface area (Å²) in [6.45, 7) is 1.80. The van der Waals surface area contributed by atoms with Crippen LogP contribution in [0.2, 0.25) is 0 Å². The Morgan fingerprint density at radius 1 is 1.12 bits per heavy atom. The van der Waals surface area contributed by atoms with Gasteiger partial charge in [0, 0.05) is 5.56 Å². The van der Waals surface area contributed by atoms with Crippen molar-refractivity contribution < 1.29 is 14.0 Å². The van der Waals surface area contributed by atoms with Crippen LogP contribution in [0.5, 0.6) is 0 Å². The Bertz CT molecular complexity index is 830. The summed E-state index contributed by atoms with van der Waals surface area (Å²) in [6.07, 6.45) is 0.405. The number of Topliss-reactive ketones (excluding diaryl/α,β-unsaturated/α-hetero) is 1. The maximum Gasteiger partial charge on any atom is 0.288 e. The van der Waals surface area contributed by atoms with Gasteiger partial charge in [-0.1, -0.05) is 41.7 Å². The van der Waals surface area contributed by atoms with Crippen molar-refractivity contribution in [3.8, 4) is 0 Å². The standard InChI is InChI=1S/C16H14N4O3S/c1-10-19-20-16(24-10)18-14(13(21)11-6-3-2-4-7-11)17-15(22)12-8-5-9-23-12/h2-9,14H,1H3,(H,17,22)(H,18,20)/t14-/m1/s1. The molecule has 24 heavy (non-hydrogen) atoms. The Morgan fingerprint density at radius 2 is 1.92 bits per heavy atom. The van der Waals surface area contributed by atoms with E-state index >= 15 is 0 Å². The lowest BCUT2D eigenvalue weighted by Gasteiger charge is -2.17. The molecule has 0 radical (unpaired) electrons. The molecule has 1 amide bonds. The van der Waals surface area contributed by atoms with Crippen molar-refractivity contribution in [3.05, 3.63) is 65.1 Å². The molecule has 0 fully saturated rings. The number of nitrogens with one attached hydrogen (secondary N) is 2. The third kappa shape index (κ3) is 3.66. The number of carbonyl (C=O) groups is 2. The van der Waals surface area contributed by atoms with E-state index in [1.165, 1.54) is 23.7 Å². The Hall–Kier alpha value is -3.00. The summed E-state index contributed by atoms with van der Waals surface area (Å²) in [5.41, 5.74) is 0.469. The molecular formula is C16H14N4O3S. The molecule has 0 bridgehead atoms. The van der Waals surface area contributed by atoms with Gasteiger partial charge >= 0.3 is 0 Å². The molecule has 0 saturated carbocycles. The van der Waals surface area contributed by atoms with Gasteiger partial charge in [-0.05, 0) is 19.1 Å². The smallest absolute Gasteiger partial charge is 0.288 e. The summed E-state index contributed by atoms with van der Waals surface area (Å²) in [5, 5.41) is 14.6. The van der Waals surface area contributed by atoms with Crippen LogP contribution in [0.4, 0.5) is 5.13 Å². The molecule has 3 aromatic rings. The molecule has 2 N–H and O–H groups in total. The van der Waals surface area contributed by atoms with Crippen molar-refractivity contribution in [2.24, 2.45) is 0 Å². The van der Waals surface area contributed by atoms with Gasteiger partial charge in [-0.2, -0.15) is 0 Å². The second-order valence-corrected chi connectivity index (χ2v) is 6.07. The van der Waals surface area contributed by atoms with Crippen LogP contribution in [0.1, 0.15) is 25.9 Å². The molecule has 122 valence electrons. The van der Waals surface area contributed by atoms with E-state index < -0.39 is 12.1 Å². The second-order valence-electron chi connectivity index (χ2n) is 4.88. The van der Waals surface area contributed by atoms with Crippen molar-refractivity contribution in [1.82, 2.24) is 15.5 Å². The fourth-order valence-corrected chi connectivity index (χ4v) is 2.64. The van der Waals surface area contributed by atoms with Crippen LogP contribution >= 0.6 is 11.3 Å². The number of hydrogen-bond donors (Lipinski definition) is 2. The summed E-state index contributed by atoms with van der Waals surface area (Å²) >= 11 is 1.29. The maximum atomic E-state index is 12.7. The van der Waals surface area contributed by atoms with Crippen molar-refractivity contribution in [2.75, 3.05) is 5.32 Å². The number of benzene rings is 1. The van der Waals surface area contributed by atoms with E-state index in [0.717, 1.165) is 5.01 Å². The van der Waals surface area contributed by atoms with E-state index in [9.17, 15) is 9.59 Å². The Balaban J connectivity index is 1.82. The first kappa shape index (κ1) is 15.9. The van der Waals surface area contributed by atoms with Gasteiger partial charge < -0.3 is 15.1 Å². The Kier molecular flexibility index (Phi) is 4.66. The number of furan rings is 1. The topological polar surface area (TPSA) is 97.1 Å². The predicted molar refractivity (Wildman–Crippen MR) is 89.0 cm³/mol. The van der Waals surface area contributed by atoms with E-state index in [2.05, 4.69) is 20.8 Å². The highest BCUT2D eigenvalue weighted by Gasteiger charge is 2.24. The highest BCUT2D eigenvalue weighted by molar-refractivity contribution is 7.15. The number of hydrogen-bond acceptors (Lipinski definition) is 7. The van der Waals surface area contributed by atoms with Crippen LogP contribution in [0.25, 0.3) is 0 Å². The summed E-state index contributed by atoms with van der Waals surface area (Å²) in [6, 6.07) is 11.8. The first-order valence-electron chi connectivity index (χ1n) is 7.14. The number of anilines is 1. The number of amides is 1. The molecule has 2 heterocycles. The largest absolute Gasteiger partial charge is 0.459 e. The van der Waals surface area contributed by atoms with Crippen LogP contribution in [-0.4, -0.2) is 28.1 Å². The first-order chi connectivity index (χ1) is 11.6. The zero-order valence-electron chi connectivity index (χ0n) is 12.7. The lowest BCUT2D eigenvalue weighted by Crippen LogP contribution is -2.46. The van der Waals surface area contributed by atoms with Crippen LogP contribution in [0, 0.1) is 6.92 Å². The molecule has 8 heteroatoms. The highest BCUT2D eigenvalue weighted by atomic mass is 32.1. The molecule has 0 saturated heterocycles. The average Bonchev–Trinajstić information content (AvgIpc) is 3.26. The van der Waals surface area contributed by atoms with Gasteiger partial charge in [0.05, 0.1) is 6.26 Å². The summed E-state index contributed by atoms with van der Waals surface area (Å²) in [7, 11) is 0. The molecule has 2 aromatic heterocycles. The number of aryl methyl sites for hydroxylation is 1. The number of rotatable bonds is 6. The fraction of sp³-hybridized carbons (Fsp3) is 0.125. The Morgan fingerprint density at radius 3 is 2.54 bits per heavy atom. The average molecular weight is 342 g/mol. The molecule has 3 rings (SSSR count). The lowest BCUT2D eigenvalue weighted by atomic mass is 10.1. The van der Waals surface area contributed by atoms with Gasteiger partial charge in [-0.3, -0.25) is 9.59 Å².